The molecule has 0 radical (unpaired) electrons. The van der Waals surface area contributed by atoms with Gasteiger partial charge >= 0.3 is 0 Å². The molecule has 0 saturated heterocycles. The molecule has 0 aromatic heterocycles. The van der Waals surface area contributed by atoms with E-state index >= 15 is 0 Å². The van der Waals surface area contributed by atoms with E-state index in [0.717, 1.165) is 16.3 Å². The van der Waals surface area contributed by atoms with Crippen molar-refractivity contribution in [3.8, 4) is 0 Å². The van der Waals surface area contributed by atoms with Crippen molar-refractivity contribution in [2.24, 2.45) is 0 Å². The molecule has 2 nitrogen and oxygen atoms in total. The van der Waals surface area contributed by atoms with Crippen molar-refractivity contribution in [3.05, 3.63) is 47.5 Å². The van der Waals surface area contributed by atoms with Gasteiger partial charge in [-0.2, -0.15) is 0 Å². The Labute approximate surface area is 105 Å². The second-order valence-corrected chi connectivity index (χ2v) is 4.64. The minimum atomic E-state index is 0.0342. The Kier molecular flexibility index (Phi) is 6.04. The fourth-order valence-corrected chi connectivity index (χ4v) is 2.14. The van der Waals surface area contributed by atoms with Crippen molar-refractivity contribution in [1.29, 1.82) is 0 Å². The van der Waals surface area contributed by atoms with Gasteiger partial charge in [-0.05, 0) is 17.7 Å². The van der Waals surface area contributed by atoms with Gasteiger partial charge < -0.3 is 5.32 Å². The van der Waals surface area contributed by atoms with Crippen molar-refractivity contribution in [2.45, 2.75) is 5.75 Å². The number of carbonyl (C=O) groups excluding carboxylic acids is 1. The normalized spacial score (nSPS) is 9.81. The second kappa shape index (κ2) is 7.36. The van der Waals surface area contributed by atoms with Gasteiger partial charge in [-0.25, -0.2) is 0 Å². The van der Waals surface area contributed by atoms with Crippen LogP contribution in [0.5, 0.6) is 0 Å². The molecule has 0 bridgehead atoms. The van der Waals surface area contributed by atoms with Gasteiger partial charge in [0.1, 0.15) is 0 Å². The van der Waals surface area contributed by atoms with Crippen molar-refractivity contribution >= 4 is 29.3 Å². The summed E-state index contributed by atoms with van der Waals surface area (Å²) in [5.41, 5.74) is 1.13. The molecule has 0 fully saturated rings. The maximum atomic E-state index is 11.3. The van der Waals surface area contributed by atoms with E-state index in [0.29, 0.717) is 12.3 Å². The molecule has 0 atom stereocenters. The predicted molar refractivity (Wildman–Crippen MR) is 70.8 cm³/mol. The van der Waals surface area contributed by atoms with Crippen LogP contribution in [-0.2, 0) is 10.5 Å². The molecule has 0 aliphatic rings. The highest BCUT2D eigenvalue weighted by Crippen LogP contribution is 2.16. The average Bonchev–Trinajstić information content (AvgIpc) is 2.26. The van der Waals surface area contributed by atoms with E-state index in [1.165, 1.54) is 0 Å². The van der Waals surface area contributed by atoms with E-state index < -0.39 is 0 Å². The van der Waals surface area contributed by atoms with E-state index in [1.807, 2.05) is 24.3 Å². The fraction of sp³-hybridized carbons (Fsp3) is 0.250. The van der Waals surface area contributed by atoms with Gasteiger partial charge in [0.05, 0.1) is 5.75 Å². The lowest BCUT2D eigenvalue weighted by atomic mass is 10.2. The summed E-state index contributed by atoms with van der Waals surface area (Å²) in [7, 11) is 0. The highest BCUT2D eigenvalue weighted by molar-refractivity contribution is 7.99. The molecule has 0 saturated carbocycles. The highest BCUT2D eigenvalue weighted by Gasteiger charge is 2.00. The number of amides is 1. The second-order valence-electron chi connectivity index (χ2n) is 3.22. The zero-order valence-electron chi connectivity index (χ0n) is 8.91. The number of thioether (sulfide) groups is 1. The first kappa shape index (κ1) is 13.1. The van der Waals surface area contributed by atoms with E-state index in [-0.39, 0.29) is 5.91 Å². The molecule has 86 valence electrons. The Morgan fingerprint density at radius 3 is 3.06 bits per heavy atom. The minimum absolute atomic E-state index is 0.0342. The fourth-order valence-electron chi connectivity index (χ4n) is 1.13. The van der Waals surface area contributed by atoms with E-state index in [9.17, 15) is 4.79 Å². The van der Waals surface area contributed by atoms with Gasteiger partial charge in [-0.15, -0.1) is 18.3 Å². The molecule has 1 aromatic carbocycles. The van der Waals surface area contributed by atoms with Gasteiger partial charge in [0, 0.05) is 17.3 Å². The van der Waals surface area contributed by atoms with Crippen LogP contribution in [0.1, 0.15) is 5.56 Å². The summed E-state index contributed by atoms with van der Waals surface area (Å²) >= 11 is 7.42. The lowest BCUT2D eigenvalue weighted by Gasteiger charge is -2.03. The summed E-state index contributed by atoms with van der Waals surface area (Å²) in [6.07, 6.45) is 1.67. The smallest absolute Gasteiger partial charge is 0.230 e. The van der Waals surface area contributed by atoms with Crippen LogP contribution in [0.15, 0.2) is 36.9 Å². The average molecular weight is 256 g/mol. The molecular formula is C12H14ClNOS. The number of hydrogen-bond acceptors (Lipinski definition) is 2. The van der Waals surface area contributed by atoms with Crippen LogP contribution < -0.4 is 5.32 Å². The molecule has 0 aliphatic carbocycles. The molecule has 0 aliphatic heterocycles. The molecule has 1 N–H and O–H groups in total. The molecular weight excluding hydrogens is 242 g/mol. The topological polar surface area (TPSA) is 29.1 Å². The van der Waals surface area contributed by atoms with E-state index in [2.05, 4.69) is 11.9 Å². The first-order valence-electron chi connectivity index (χ1n) is 4.92. The summed E-state index contributed by atoms with van der Waals surface area (Å²) in [6.45, 7) is 4.06. The Balaban J connectivity index is 2.25. The first-order valence-corrected chi connectivity index (χ1v) is 6.45. The molecule has 16 heavy (non-hydrogen) atoms. The van der Waals surface area contributed by atoms with Crippen LogP contribution >= 0.6 is 23.4 Å². The Hall–Kier alpha value is -0.930. The Morgan fingerprint density at radius 1 is 1.56 bits per heavy atom. The van der Waals surface area contributed by atoms with E-state index in [1.54, 1.807) is 17.8 Å². The van der Waals surface area contributed by atoms with Gasteiger partial charge in [0.25, 0.3) is 0 Å². The number of carbonyl (C=O) groups is 1. The zero-order chi connectivity index (χ0) is 11.8. The number of halogens is 1. The van der Waals surface area contributed by atoms with Crippen molar-refractivity contribution < 1.29 is 4.79 Å². The largest absolute Gasteiger partial charge is 0.352 e. The summed E-state index contributed by atoms with van der Waals surface area (Å²) < 4.78 is 0. The van der Waals surface area contributed by atoms with Crippen LogP contribution in [0.2, 0.25) is 5.02 Å². The maximum absolute atomic E-state index is 11.3. The van der Waals surface area contributed by atoms with Crippen LogP contribution in [0.25, 0.3) is 0 Å². The molecule has 1 rings (SSSR count). The highest BCUT2D eigenvalue weighted by atomic mass is 35.5. The van der Waals surface area contributed by atoms with Crippen LogP contribution in [-0.4, -0.2) is 18.2 Å². The van der Waals surface area contributed by atoms with Crippen LogP contribution in [0.4, 0.5) is 0 Å². The zero-order valence-corrected chi connectivity index (χ0v) is 10.5. The molecule has 0 unspecified atom stereocenters. The summed E-state index contributed by atoms with van der Waals surface area (Å²) in [6, 6.07) is 7.67. The number of hydrogen-bond donors (Lipinski definition) is 1. The van der Waals surface area contributed by atoms with Gasteiger partial charge in [0.15, 0.2) is 0 Å². The van der Waals surface area contributed by atoms with Crippen molar-refractivity contribution in [1.82, 2.24) is 5.32 Å². The van der Waals surface area contributed by atoms with Crippen molar-refractivity contribution in [3.63, 3.8) is 0 Å². The Morgan fingerprint density at radius 2 is 2.38 bits per heavy atom. The summed E-state index contributed by atoms with van der Waals surface area (Å²) in [4.78, 5) is 11.3. The quantitative estimate of drug-likeness (QED) is 0.792. The third-order valence-electron chi connectivity index (χ3n) is 1.83. The Bertz CT molecular complexity index is 368. The van der Waals surface area contributed by atoms with Gasteiger partial charge in [-0.1, -0.05) is 29.8 Å². The minimum Gasteiger partial charge on any atom is -0.352 e. The molecule has 1 amide bonds. The third kappa shape index (κ3) is 5.24. The molecule has 4 heteroatoms. The van der Waals surface area contributed by atoms with Gasteiger partial charge in [0.2, 0.25) is 5.91 Å². The van der Waals surface area contributed by atoms with Gasteiger partial charge in [-0.3, -0.25) is 4.79 Å². The van der Waals surface area contributed by atoms with Crippen LogP contribution in [0, 0.1) is 0 Å². The predicted octanol–water partition coefficient (Wildman–Crippen LogP) is 2.88. The monoisotopic (exact) mass is 255 g/mol. The number of nitrogens with one attached hydrogen (secondary N) is 1. The summed E-state index contributed by atoms with van der Waals surface area (Å²) in [5.74, 6) is 1.29. The molecule has 0 spiro atoms. The first-order chi connectivity index (χ1) is 7.72. The number of benzene rings is 1. The van der Waals surface area contributed by atoms with Crippen molar-refractivity contribution in [2.75, 3.05) is 12.3 Å². The lowest BCUT2D eigenvalue weighted by molar-refractivity contribution is -0.118. The molecule has 1 aromatic rings. The maximum Gasteiger partial charge on any atom is 0.230 e. The SMILES string of the molecule is C=CCNC(=O)CSCc1cccc(Cl)c1. The third-order valence-corrected chi connectivity index (χ3v) is 3.07. The standard InChI is InChI=1S/C12H14ClNOS/c1-2-6-14-12(15)9-16-8-10-4-3-5-11(13)7-10/h2-5,7H,1,6,8-9H2,(H,14,15). The van der Waals surface area contributed by atoms with E-state index in [4.69, 9.17) is 11.6 Å². The summed E-state index contributed by atoms with van der Waals surface area (Å²) in [5, 5.41) is 3.46. The molecule has 0 heterocycles. The number of rotatable bonds is 6. The lowest BCUT2D eigenvalue weighted by Crippen LogP contribution is -2.24. The van der Waals surface area contributed by atoms with Crippen LogP contribution in [0.3, 0.4) is 0 Å².